The molecule has 5 heteroatoms. The molecule has 0 radical (unpaired) electrons. The van der Waals surface area contributed by atoms with Crippen LogP contribution in [-0.4, -0.2) is 41.4 Å². The molecule has 2 atom stereocenters. The number of nitrogens with zero attached hydrogens (tertiary/aromatic N) is 1. The maximum atomic E-state index is 12.3. The van der Waals surface area contributed by atoms with Crippen molar-refractivity contribution in [3.8, 4) is 0 Å². The fourth-order valence-corrected chi connectivity index (χ4v) is 3.07. The van der Waals surface area contributed by atoms with E-state index in [1.165, 1.54) is 0 Å². The van der Waals surface area contributed by atoms with Crippen molar-refractivity contribution in [2.24, 2.45) is 0 Å². The maximum Gasteiger partial charge on any atom is 0.227 e. The third-order valence-electron chi connectivity index (χ3n) is 3.10. The minimum absolute atomic E-state index is 0.0928. The van der Waals surface area contributed by atoms with Crippen molar-refractivity contribution in [1.82, 2.24) is 4.90 Å². The Morgan fingerprint density at radius 3 is 2.95 bits per heavy atom. The molecule has 0 N–H and O–H groups in total. The molecule has 19 heavy (non-hydrogen) atoms. The van der Waals surface area contributed by atoms with Gasteiger partial charge in [0.25, 0.3) is 0 Å². The Hall–Kier alpha value is -0.390. The number of amides is 1. The number of benzene rings is 1. The maximum absolute atomic E-state index is 12.3. The van der Waals surface area contributed by atoms with E-state index in [4.69, 9.17) is 4.74 Å². The summed E-state index contributed by atoms with van der Waals surface area (Å²) in [6, 6.07) is 7.89. The molecule has 2 unspecified atom stereocenters. The topological polar surface area (TPSA) is 29.5 Å². The van der Waals surface area contributed by atoms with Crippen molar-refractivity contribution >= 4 is 37.8 Å². The number of hydrogen-bond donors (Lipinski definition) is 0. The fourth-order valence-electron chi connectivity index (χ4n) is 2.27. The third kappa shape index (κ3) is 4.29. The summed E-state index contributed by atoms with van der Waals surface area (Å²) < 4.78 is 6.74. The zero-order chi connectivity index (χ0) is 13.8. The van der Waals surface area contributed by atoms with Crippen LogP contribution in [0.5, 0.6) is 0 Å². The summed E-state index contributed by atoms with van der Waals surface area (Å²) in [6.45, 7) is 3.35. The number of halogens is 2. The van der Waals surface area contributed by atoms with Gasteiger partial charge in [-0.3, -0.25) is 4.79 Å². The summed E-state index contributed by atoms with van der Waals surface area (Å²) in [6.07, 6.45) is 0.638. The van der Waals surface area contributed by atoms with Gasteiger partial charge in [-0.05, 0) is 24.6 Å². The Bertz CT molecular complexity index is 453. The predicted molar refractivity (Wildman–Crippen MR) is 82.6 cm³/mol. The molecular weight excluding hydrogens is 374 g/mol. The summed E-state index contributed by atoms with van der Waals surface area (Å²) in [5.74, 6) is 0.166. The van der Waals surface area contributed by atoms with E-state index in [9.17, 15) is 4.79 Å². The molecule has 0 aliphatic carbocycles. The molecule has 1 aliphatic rings. The van der Waals surface area contributed by atoms with Crippen molar-refractivity contribution < 1.29 is 9.53 Å². The quantitative estimate of drug-likeness (QED) is 0.742. The van der Waals surface area contributed by atoms with Crippen LogP contribution in [0.4, 0.5) is 0 Å². The average molecular weight is 391 g/mol. The van der Waals surface area contributed by atoms with Crippen molar-refractivity contribution in [3.63, 3.8) is 0 Å². The van der Waals surface area contributed by atoms with E-state index in [1.54, 1.807) is 0 Å². The lowest BCUT2D eigenvalue weighted by Crippen LogP contribution is -2.50. The van der Waals surface area contributed by atoms with Crippen LogP contribution in [-0.2, 0) is 16.0 Å². The first-order chi connectivity index (χ1) is 9.08. The van der Waals surface area contributed by atoms with Crippen molar-refractivity contribution in [1.29, 1.82) is 0 Å². The molecule has 1 aliphatic heterocycles. The summed E-state index contributed by atoms with van der Waals surface area (Å²) in [7, 11) is 0. The monoisotopic (exact) mass is 389 g/mol. The van der Waals surface area contributed by atoms with E-state index in [2.05, 4.69) is 31.9 Å². The van der Waals surface area contributed by atoms with Crippen LogP contribution in [0.2, 0.25) is 0 Å². The normalized spacial score (nSPS) is 23.4. The van der Waals surface area contributed by atoms with Gasteiger partial charge in [0, 0.05) is 22.9 Å². The smallest absolute Gasteiger partial charge is 0.227 e. The lowest BCUT2D eigenvalue weighted by Gasteiger charge is -2.36. The van der Waals surface area contributed by atoms with E-state index in [-0.39, 0.29) is 18.1 Å². The minimum Gasteiger partial charge on any atom is -0.371 e. The summed E-state index contributed by atoms with van der Waals surface area (Å²) in [4.78, 5) is 14.2. The molecule has 1 saturated heterocycles. The molecular formula is C14H17Br2NO2. The minimum atomic E-state index is 0.0928. The van der Waals surface area contributed by atoms with E-state index < -0.39 is 0 Å². The summed E-state index contributed by atoms with van der Waals surface area (Å²) in [5, 5.41) is 0.762. The first kappa shape index (κ1) is 15.0. The molecule has 104 valence electrons. The van der Waals surface area contributed by atoms with Gasteiger partial charge < -0.3 is 9.64 Å². The van der Waals surface area contributed by atoms with Crippen LogP contribution >= 0.6 is 31.9 Å². The molecule has 3 nitrogen and oxygen atoms in total. The summed E-state index contributed by atoms with van der Waals surface area (Å²) in [5.41, 5.74) is 1.04. The Balaban J connectivity index is 1.99. The number of alkyl halides is 1. The Morgan fingerprint density at radius 1 is 1.47 bits per heavy atom. The summed E-state index contributed by atoms with van der Waals surface area (Å²) >= 11 is 6.85. The first-order valence-electron chi connectivity index (χ1n) is 6.32. The van der Waals surface area contributed by atoms with Crippen LogP contribution in [0.25, 0.3) is 0 Å². The molecule has 2 rings (SSSR count). The van der Waals surface area contributed by atoms with E-state index >= 15 is 0 Å². The molecule has 1 aromatic rings. The largest absolute Gasteiger partial charge is 0.371 e. The number of carbonyl (C=O) groups excluding carboxylic acids is 1. The van der Waals surface area contributed by atoms with Crippen molar-refractivity contribution in [3.05, 3.63) is 34.3 Å². The molecule has 0 bridgehead atoms. The van der Waals surface area contributed by atoms with Gasteiger partial charge in [-0.15, -0.1) is 0 Å². The molecule has 1 fully saturated rings. The van der Waals surface area contributed by atoms with Crippen molar-refractivity contribution in [2.75, 3.05) is 18.4 Å². The van der Waals surface area contributed by atoms with E-state index in [0.29, 0.717) is 19.5 Å². The number of ether oxygens (including phenoxy) is 1. The average Bonchev–Trinajstić information content (AvgIpc) is 2.38. The molecule has 0 saturated carbocycles. The van der Waals surface area contributed by atoms with E-state index in [1.807, 2.05) is 36.1 Å². The van der Waals surface area contributed by atoms with Crippen LogP contribution in [0.3, 0.4) is 0 Å². The van der Waals surface area contributed by atoms with Crippen molar-refractivity contribution in [2.45, 2.75) is 25.6 Å². The van der Waals surface area contributed by atoms with Gasteiger partial charge in [-0.1, -0.05) is 44.0 Å². The third-order valence-corrected chi connectivity index (χ3v) is 4.31. The number of carbonyl (C=O) groups is 1. The molecule has 1 heterocycles. The van der Waals surface area contributed by atoms with Gasteiger partial charge in [0.1, 0.15) is 0 Å². The van der Waals surface area contributed by atoms with Crippen LogP contribution in [0, 0.1) is 0 Å². The second kappa shape index (κ2) is 6.86. The second-order valence-corrected chi connectivity index (χ2v) is 6.39. The Labute approximate surface area is 130 Å². The number of rotatable bonds is 3. The standard InChI is InChI=1S/C14H17Br2NO2/c1-10-8-17(9-13(7-15)19-10)14(18)6-11-3-2-4-12(16)5-11/h2-5,10,13H,6-9H2,1H3. The van der Waals surface area contributed by atoms with Gasteiger partial charge >= 0.3 is 0 Å². The highest BCUT2D eigenvalue weighted by Crippen LogP contribution is 2.16. The lowest BCUT2D eigenvalue weighted by molar-refractivity contribution is -0.142. The number of morpholine rings is 1. The Kier molecular flexibility index (Phi) is 5.42. The van der Waals surface area contributed by atoms with Gasteiger partial charge in [0.2, 0.25) is 5.91 Å². The predicted octanol–water partition coefficient (Wildman–Crippen LogP) is 3.00. The second-order valence-electron chi connectivity index (χ2n) is 4.83. The molecule has 1 aromatic carbocycles. The fraction of sp³-hybridized carbons (Fsp3) is 0.500. The molecule has 0 aromatic heterocycles. The van der Waals surface area contributed by atoms with E-state index in [0.717, 1.165) is 15.4 Å². The van der Waals surface area contributed by atoms with Gasteiger partial charge in [0.05, 0.1) is 18.6 Å². The van der Waals surface area contributed by atoms with Gasteiger partial charge in [-0.2, -0.15) is 0 Å². The first-order valence-corrected chi connectivity index (χ1v) is 8.23. The zero-order valence-electron chi connectivity index (χ0n) is 10.8. The highest BCUT2D eigenvalue weighted by atomic mass is 79.9. The van der Waals surface area contributed by atoms with Gasteiger partial charge in [-0.25, -0.2) is 0 Å². The Morgan fingerprint density at radius 2 is 2.26 bits per heavy atom. The van der Waals surface area contributed by atoms with Crippen LogP contribution in [0.1, 0.15) is 12.5 Å². The lowest BCUT2D eigenvalue weighted by atomic mass is 10.1. The molecule has 1 amide bonds. The van der Waals surface area contributed by atoms with Gasteiger partial charge in [0.15, 0.2) is 0 Å². The zero-order valence-corrected chi connectivity index (χ0v) is 14.0. The molecule has 0 spiro atoms. The SMILES string of the molecule is CC1CN(C(=O)Cc2cccc(Br)c2)CC(CBr)O1. The number of hydrogen-bond acceptors (Lipinski definition) is 2. The van der Waals surface area contributed by atoms with Crippen LogP contribution < -0.4 is 0 Å². The highest BCUT2D eigenvalue weighted by molar-refractivity contribution is 9.10. The van der Waals surface area contributed by atoms with Crippen LogP contribution in [0.15, 0.2) is 28.7 Å². The highest BCUT2D eigenvalue weighted by Gasteiger charge is 2.27.